The third-order valence-corrected chi connectivity index (χ3v) is 3.40. The van der Waals surface area contributed by atoms with Crippen LogP contribution < -0.4 is 10.1 Å². The average Bonchev–Trinajstić information content (AvgIpc) is 2.58. The van der Waals surface area contributed by atoms with Crippen LogP contribution in [0.5, 0.6) is 5.75 Å². The zero-order valence-electron chi connectivity index (χ0n) is 14.0. The molecule has 0 saturated carbocycles. The fraction of sp³-hybridized carbons (Fsp3) is 0.333. The lowest BCUT2D eigenvalue weighted by Crippen LogP contribution is -2.40. The molecule has 1 aromatic carbocycles. The Balaban J connectivity index is 1.76. The van der Waals surface area contributed by atoms with Crippen LogP contribution in [0.1, 0.15) is 11.1 Å². The minimum atomic E-state index is 0.559. The van der Waals surface area contributed by atoms with Gasteiger partial charge in [-0.3, -0.25) is 9.98 Å². The Kier molecular flexibility index (Phi) is 6.41. The van der Waals surface area contributed by atoms with E-state index in [0.717, 1.165) is 18.3 Å². The molecule has 0 aliphatic rings. The zero-order chi connectivity index (χ0) is 16.5. The van der Waals surface area contributed by atoms with Crippen LogP contribution in [0.2, 0.25) is 0 Å². The molecule has 0 bridgehead atoms. The molecule has 0 saturated heterocycles. The summed E-state index contributed by atoms with van der Waals surface area (Å²) in [4.78, 5) is 10.4. The van der Waals surface area contributed by atoms with Gasteiger partial charge in [0.1, 0.15) is 12.4 Å². The first-order chi connectivity index (χ1) is 11.2. The van der Waals surface area contributed by atoms with Gasteiger partial charge in [0, 0.05) is 26.8 Å². The molecule has 23 heavy (non-hydrogen) atoms. The molecular formula is C18H24N4O. The minimum absolute atomic E-state index is 0.559. The second-order valence-corrected chi connectivity index (χ2v) is 5.35. The number of pyridine rings is 1. The molecule has 1 heterocycles. The van der Waals surface area contributed by atoms with Crippen molar-refractivity contribution in [3.8, 4) is 5.75 Å². The lowest BCUT2D eigenvalue weighted by atomic mass is 10.1. The van der Waals surface area contributed by atoms with E-state index in [1.165, 1.54) is 11.1 Å². The third-order valence-electron chi connectivity index (χ3n) is 3.40. The molecule has 5 heteroatoms. The molecule has 122 valence electrons. The van der Waals surface area contributed by atoms with Crippen LogP contribution in [0.4, 0.5) is 0 Å². The van der Waals surface area contributed by atoms with Gasteiger partial charge in [-0.25, -0.2) is 0 Å². The van der Waals surface area contributed by atoms with Crippen LogP contribution in [0, 0.1) is 6.92 Å². The van der Waals surface area contributed by atoms with Crippen LogP contribution in [0.15, 0.2) is 53.8 Å². The first-order valence-electron chi connectivity index (χ1n) is 7.69. The van der Waals surface area contributed by atoms with E-state index < -0.39 is 0 Å². The molecule has 0 amide bonds. The summed E-state index contributed by atoms with van der Waals surface area (Å²) in [7, 11) is 3.81. The number of aryl methyl sites for hydroxylation is 1. The topological polar surface area (TPSA) is 49.8 Å². The first-order valence-corrected chi connectivity index (χ1v) is 7.69. The molecule has 0 atom stereocenters. The van der Waals surface area contributed by atoms with Crippen molar-refractivity contribution in [2.24, 2.45) is 4.99 Å². The Morgan fingerprint density at radius 2 is 2.04 bits per heavy atom. The van der Waals surface area contributed by atoms with Gasteiger partial charge in [0.25, 0.3) is 0 Å². The summed E-state index contributed by atoms with van der Waals surface area (Å²) in [5, 5.41) is 3.30. The summed E-state index contributed by atoms with van der Waals surface area (Å²) in [6.45, 7) is 4.14. The van der Waals surface area contributed by atoms with E-state index in [1.807, 2.05) is 19.2 Å². The van der Waals surface area contributed by atoms with Crippen LogP contribution in [0.25, 0.3) is 0 Å². The lowest BCUT2D eigenvalue weighted by Gasteiger charge is -2.22. The van der Waals surface area contributed by atoms with Crippen molar-refractivity contribution in [1.82, 2.24) is 15.2 Å². The second-order valence-electron chi connectivity index (χ2n) is 5.35. The zero-order valence-corrected chi connectivity index (χ0v) is 14.0. The van der Waals surface area contributed by atoms with E-state index in [9.17, 15) is 0 Å². The number of ether oxygens (including phenoxy) is 1. The summed E-state index contributed by atoms with van der Waals surface area (Å²) in [6.07, 6.45) is 3.44. The fourth-order valence-corrected chi connectivity index (χ4v) is 2.19. The quantitative estimate of drug-likeness (QED) is 0.506. The van der Waals surface area contributed by atoms with Gasteiger partial charge in [0.05, 0.1) is 12.7 Å². The number of nitrogens with one attached hydrogen (secondary N) is 1. The van der Waals surface area contributed by atoms with E-state index in [1.54, 1.807) is 19.4 Å². The van der Waals surface area contributed by atoms with Crippen LogP contribution in [-0.2, 0) is 6.54 Å². The molecule has 1 N–H and O–H groups in total. The molecular weight excluding hydrogens is 288 g/mol. The van der Waals surface area contributed by atoms with Gasteiger partial charge < -0.3 is 15.0 Å². The number of benzene rings is 1. The Hall–Kier alpha value is -2.56. The normalized spacial score (nSPS) is 11.2. The fourth-order valence-electron chi connectivity index (χ4n) is 2.19. The second kappa shape index (κ2) is 8.78. The molecule has 0 aliphatic heterocycles. The number of rotatable bonds is 6. The van der Waals surface area contributed by atoms with Crippen molar-refractivity contribution in [3.05, 3.63) is 59.9 Å². The van der Waals surface area contributed by atoms with E-state index in [2.05, 4.69) is 51.4 Å². The minimum Gasteiger partial charge on any atom is -0.490 e. The highest BCUT2D eigenvalue weighted by Crippen LogP contribution is 2.06. The molecule has 0 spiro atoms. The van der Waals surface area contributed by atoms with Crippen molar-refractivity contribution in [1.29, 1.82) is 0 Å². The van der Waals surface area contributed by atoms with Crippen molar-refractivity contribution in [3.63, 3.8) is 0 Å². The van der Waals surface area contributed by atoms with E-state index in [-0.39, 0.29) is 0 Å². The Morgan fingerprint density at radius 3 is 2.70 bits per heavy atom. The van der Waals surface area contributed by atoms with E-state index >= 15 is 0 Å². The first kappa shape index (κ1) is 16.8. The van der Waals surface area contributed by atoms with Gasteiger partial charge in [0.15, 0.2) is 5.96 Å². The molecule has 0 fully saturated rings. The summed E-state index contributed by atoms with van der Waals surface area (Å²) >= 11 is 0. The number of aliphatic imine (C=N–C) groups is 1. The maximum Gasteiger partial charge on any atom is 0.193 e. The standard InChI is InChI=1S/C18H24N4O/c1-15-6-8-16(9-7-15)14-22(3)18(19-2)21-11-12-23-17-5-4-10-20-13-17/h4-10,13H,11-12,14H2,1-3H3,(H,19,21). The van der Waals surface area contributed by atoms with Crippen molar-refractivity contribution in [2.75, 3.05) is 27.2 Å². The molecule has 2 aromatic rings. The molecule has 0 radical (unpaired) electrons. The SMILES string of the molecule is CN=C(NCCOc1cccnc1)N(C)Cc1ccc(C)cc1. The molecule has 1 aromatic heterocycles. The summed E-state index contributed by atoms with van der Waals surface area (Å²) in [6, 6.07) is 12.3. The number of guanidine groups is 1. The molecule has 5 nitrogen and oxygen atoms in total. The van der Waals surface area contributed by atoms with E-state index in [4.69, 9.17) is 4.74 Å². The summed E-state index contributed by atoms with van der Waals surface area (Å²) in [5.41, 5.74) is 2.53. The Bertz CT molecular complexity index is 611. The molecule has 2 rings (SSSR count). The van der Waals surface area contributed by atoms with E-state index in [0.29, 0.717) is 13.2 Å². The van der Waals surface area contributed by atoms with Crippen LogP contribution >= 0.6 is 0 Å². The number of hydrogen-bond acceptors (Lipinski definition) is 3. The van der Waals surface area contributed by atoms with Gasteiger partial charge in [-0.2, -0.15) is 0 Å². The van der Waals surface area contributed by atoms with Gasteiger partial charge in [-0.05, 0) is 24.6 Å². The average molecular weight is 312 g/mol. The molecule has 0 unspecified atom stereocenters. The number of hydrogen-bond donors (Lipinski definition) is 1. The maximum atomic E-state index is 5.61. The number of aromatic nitrogens is 1. The highest BCUT2D eigenvalue weighted by atomic mass is 16.5. The predicted octanol–water partition coefficient (Wildman–Crippen LogP) is 2.48. The maximum absolute atomic E-state index is 5.61. The van der Waals surface area contributed by atoms with Gasteiger partial charge in [-0.15, -0.1) is 0 Å². The number of nitrogens with zero attached hydrogens (tertiary/aromatic N) is 3. The summed E-state index contributed by atoms with van der Waals surface area (Å²) < 4.78 is 5.61. The third kappa shape index (κ3) is 5.62. The summed E-state index contributed by atoms with van der Waals surface area (Å²) in [5.74, 6) is 1.62. The predicted molar refractivity (Wildman–Crippen MR) is 93.7 cm³/mol. The smallest absolute Gasteiger partial charge is 0.193 e. The molecule has 0 aliphatic carbocycles. The monoisotopic (exact) mass is 312 g/mol. The largest absolute Gasteiger partial charge is 0.490 e. The van der Waals surface area contributed by atoms with Crippen molar-refractivity contribution >= 4 is 5.96 Å². The Labute approximate surface area is 138 Å². The van der Waals surface area contributed by atoms with Crippen LogP contribution in [0.3, 0.4) is 0 Å². The van der Waals surface area contributed by atoms with Crippen molar-refractivity contribution < 1.29 is 4.74 Å². The lowest BCUT2D eigenvalue weighted by molar-refractivity contribution is 0.318. The van der Waals surface area contributed by atoms with Crippen molar-refractivity contribution in [2.45, 2.75) is 13.5 Å². The van der Waals surface area contributed by atoms with Gasteiger partial charge in [-0.1, -0.05) is 29.8 Å². The highest BCUT2D eigenvalue weighted by Gasteiger charge is 2.06. The van der Waals surface area contributed by atoms with Gasteiger partial charge >= 0.3 is 0 Å². The van der Waals surface area contributed by atoms with Crippen LogP contribution in [-0.4, -0.2) is 43.1 Å². The van der Waals surface area contributed by atoms with Gasteiger partial charge in [0.2, 0.25) is 0 Å². The highest BCUT2D eigenvalue weighted by molar-refractivity contribution is 5.79. The Morgan fingerprint density at radius 1 is 1.26 bits per heavy atom.